The van der Waals surface area contributed by atoms with Crippen LogP contribution in [0, 0.1) is 0 Å². The van der Waals surface area contributed by atoms with Crippen molar-refractivity contribution >= 4 is 17.8 Å². The van der Waals surface area contributed by atoms with Gasteiger partial charge in [0.15, 0.2) is 0 Å². The third-order valence-corrected chi connectivity index (χ3v) is 3.48. The Labute approximate surface area is 100 Å². The van der Waals surface area contributed by atoms with Gasteiger partial charge >= 0.3 is 6.03 Å². The molecule has 4 nitrogen and oxygen atoms in total. The molecule has 2 N–H and O–H groups in total. The van der Waals surface area contributed by atoms with E-state index < -0.39 is 0 Å². The smallest absolute Gasteiger partial charge is 0.315 e. The molecule has 0 radical (unpaired) electrons. The quantitative estimate of drug-likeness (QED) is 0.832. The topological polar surface area (TPSA) is 54.3 Å². The molecule has 0 aromatic carbocycles. The Hall–Kier alpha value is -1.10. The van der Waals surface area contributed by atoms with Crippen molar-refractivity contribution in [1.82, 2.24) is 10.6 Å². The molecular formula is C11H18N2O2S. The monoisotopic (exact) mass is 242 g/mol. The molecule has 0 spiro atoms. The third-order valence-electron chi connectivity index (χ3n) is 2.23. The second-order valence-corrected chi connectivity index (χ2v) is 5.59. The summed E-state index contributed by atoms with van der Waals surface area (Å²) >= 11 is 1.72. The zero-order valence-corrected chi connectivity index (χ0v) is 10.7. The minimum absolute atomic E-state index is 0.0576. The second kappa shape index (κ2) is 5.84. The largest absolute Gasteiger partial charge is 0.467 e. The number of nitrogens with one attached hydrogen (secondary N) is 2. The molecule has 0 saturated carbocycles. The van der Waals surface area contributed by atoms with Crippen molar-refractivity contribution < 1.29 is 9.21 Å². The molecule has 0 unspecified atom stereocenters. The number of rotatable bonds is 5. The van der Waals surface area contributed by atoms with E-state index in [4.69, 9.17) is 4.42 Å². The van der Waals surface area contributed by atoms with Crippen LogP contribution in [0.5, 0.6) is 0 Å². The van der Waals surface area contributed by atoms with E-state index in [0.717, 1.165) is 5.76 Å². The van der Waals surface area contributed by atoms with Crippen molar-refractivity contribution in [3.05, 3.63) is 24.2 Å². The normalized spacial score (nSPS) is 11.2. The first-order valence-electron chi connectivity index (χ1n) is 5.13. The third kappa shape index (κ3) is 4.61. The highest BCUT2D eigenvalue weighted by Gasteiger charge is 2.16. The van der Waals surface area contributed by atoms with Gasteiger partial charge in [0.1, 0.15) is 5.76 Å². The minimum Gasteiger partial charge on any atom is -0.467 e. The van der Waals surface area contributed by atoms with Crippen molar-refractivity contribution in [2.45, 2.75) is 25.1 Å². The maximum atomic E-state index is 11.4. The number of carbonyl (C=O) groups excluding carboxylic acids is 1. The fraction of sp³-hybridized carbons (Fsp3) is 0.545. The molecule has 0 aliphatic carbocycles. The van der Waals surface area contributed by atoms with E-state index in [9.17, 15) is 4.79 Å². The van der Waals surface area contributed by atoms with Crippen LogP contribution < -0.4 is 10.6 Å². The average molecular weight is 242 g/mol. The van der Waals surface area contributed by atoms with Crippen LogP contribution in [0.3, 0.4) is 0 Å². The lowest BCUT2D eigenvalue weighted by atomic mass is 10.2. The van der Waals surface area contributed by atoms with Crippen LogP contribution in [-0.4, -0.2) is 23.6 Å². The number of thioether (sulfide) groups is 1. The fourth-order valence-corrected chi connectivity index (χ4v) is 1.22. The van der Waals surface area contributed by atoms with E-state index in [1.54, 1.807) is 24.1 Å². The van der Waals surface area contributed by atoms with E-state index in [1.165, 1.54) is 0 Å². The summed E-state index contributed by atoms with van der Waals surface area (Å²) in [6.07, 6.45) is 3.62. The minimum atomic E-state index is -0.168. The zero-order valence-electron chi connectivity index (χ0n) is 9.87. The van der Waals surface area contributed by atoms with Crippen LogP contribution in [0.15, 0.2) is 22.8 Å². The van der Waals surface area contributed by atoms with E-state index >= 15 is 0 Å². The highest BCUT2D eigenvalue weighted by Crippen LogP contribution is 2.19. The molecule has 0 saturated heterocycles. The van der Waals surface area contributed by atoms with Crippen molar-refractivity contribution in [3.8, 4) is 0 Å². The number of hydrogen-bond donors (Lipinski definition) is 2. The molecule has 0 fully saturated rings. The number of amides is 2. The second-order valence-electron chi connectivity index (χ2n) is 4.08. The zero-order chi connectivity index (χ0) is 12.0. The molecule has 0 bridgehead atoms. The van der Waals surface area contributed by atoms with Gasteiger partial charge in [-0.2, -0.15) is 11.8 Å². The number of furan rings is 1. The Morgan fingerprint density at radius 2 is 2.25 bits per heavy atom. The van der Waals surface area contributed by atoms with E-state index in [-0.39, 0.29) is 10.8 Å². The van der Waals surface area contributed by atoms with E-state index in [2.05, 4.69) is 24.5 Å². The van der Waals surface area contributed by atoms with Crippen molar-refractivity contribution in [2.24, 2.45) is 0 Å². The van der Waals surface area contributed by atoms with Gasteiger partial charge < -0.3 is 15.1 Å². The lowest BCUT2D eigenvalue weighted by Crippen LogP contribution is -2.41. The molecule has 0 atom stereocenters. The van der Waals surface area contributed by atoms with Gasteiger partial charge in [0.2, 0.25) is 0 Å². The summed E-state index contributed by atoms with van der Waals surface area (Å²) in [7, 11) is 0. The van der Waals surface area contributed by atoms with Crippen LogP contribution >= 0.6 is 11.8 Å². The van der Waals surface area contributed by atoms with Crippen LogP contribution in [0.2, 0.25) is 0 Å². The maximum absolute atomic E-state index is 11.4. The van der Waals surface area contributed by atoms with Gasteiger partial charge in [-0.25, -0.2) is 4.79 Å². The molecule has 2 amide bonds. The van der Waals surface area contributed by atoms with Gasteiger partial charge in [0.25, 0.3) is 0 Å². The molecule has 1 aromatic rings. The van der Waals surface area contributed by atoms with Gasteiger partial charge in [-0.05, 0) is 32.2 Å². The summed E-state index contributed by atoms with van der Waals surface area (Å²) in [6, 6.07) is 3.45. The Morgan fingerprint density at radius 3 is 2.81 bits per heavy atom. The maximum Gasteiger partial charge on any atom is 0.315 e. The van der Waals surface area contributed by atoms with Crippen LogP contribution in [-0.2, 0) is 6.54 Å². The van der Waals surface area contributed by atoms with Crippen LogP contribution in [0.25, 0.3) is 0 Å². The molecule has 5 heteroatoms. The Kier molecular flexibility index (Phi) is 4.73. The van der Waals surface area contributed by atoms with Crippen LogP contribution in [0.4, 0.5) is 4.79 Å². The SMILES string of the molecule is CSC(C)(C)CNC(=O)NCc1ccco1. The molecule has 1 rings (SSSR count). The van der Waals surface area contributed by atoms with E-state index in [0.29, 0.717) is 13.1 Å². The van der Waals surface area contributed by atoms with Crippen molar-refractivity contribution in [1.29, 1.82) is 0 Å². The Balaban J connectivity index is 2.21. The highest BCUT2D eigenvalue weighted by atomic mass is 32.2. The molecule has 90 valence electrons. The van der Waals surface area contributed by atoms with Crippen LogP contribution in [0.1, 0.15) is 19.6 Å². The first-order valence-corrected chi connectivity index (χ1v) is 6.35. The Bertz CT molecular complexity index is 323. The molecule has 1 aromatic heterocycles. The lowest BCUT2D eigenvalue weighted by molar-refractivity contribution is 0.238. The number of carbonyl (C=O) groups is 1. The molecule has 0 aliphatic heterocycles. The standard InChI is InChI=1S/C11H18N2O2S/c1-11(2,16-3)8-13-10(14)12-7-9-5-4-6-15-9/h4-6H,7-8H2,1-3H3,(H2,12,13,14). The van der Waals surface area contributed by atoms with Gasteiger partial charge in [-0.3, -0.25) is 0 Å². The summed E-state index contributed by atoms with van der Waals surface area (Å²) < 4.78 is 5.16. The predicted molar refractivity (Wildman–Crippen MR) is 66.5 cm³/mol. The van der Waals surface area contributed by atoms with Gasteiger partial charge in [-0.15, -0.1) is 0 Å². The van der Waals surface area contributed by atoms with E-state index in [1.807, 2.05) is 12.3 Å². The number of urea groups is 1. The van der Waals surface area contributed by atoms with Crippen molar-refractivity contribution in [2.75, 3.05) is 12.8 Å². The number of hydrogen-bond acceptors (Lipinski definition) is 3. The first kappa shape index (κ1) is 13.0. The summed E-state index contributed by atoms with van der Waals surface area (Å²) in [4.78, 5) is 11.4. The average Bonchev–Trinajstić information content (AvgIpc) is 2.76. The molecular weight excluding hydrogens is 224 g/mol. The lowest BCUT2D eigenvalue weighted by Gasteiger charge is -2.22. The molecule has 1 heterocycles. The summed E-state index contributed by atoms with van der Waals surface area (Å²) in [5, 5.41) is 5.55. The van der Waals surface area contributed by atoms with Gasteiger partial charge in [0.05, 0.1) is 12.8 Å². The molecule has 0 aliphatic rings. The molecule has 16 heavy (non-hydrogen) atoms. The summed E-state index contributed by atoms with van der Waals surface area (Å²) in [6.45, 7) is 5.23. The highest BCUT2D eigenvalue weighted by molar-refractivity contribution is 7.99. The first-order chi connectivity index (χ1) is 7.53. The predicted octanol–water partition coefficient (Wildman–Crippen LogP) is 2.22. The summed E-state index contributed by atoms with van der Waals surface area (Å²) in [5.74, 6) is 0.749. The fourth-order valence-electron chi connectivity index (χ4n) is 1.01. The Morgan fingerprint density at radius 1 is 1.50 bits per heavy atom. The van der Waals surface area contributed by atoms with Gasteiger partial charge in [0, 0.05) is 11.3 Å². The van der Waals surface area contributed by atoms with Gasteiger partial charge in [-0.1, -0.05) is 0 Å². The van der Waals surface area contributed by atoms with Crippen molar-refractivity contribution in [3.63, 3.8) is 0 Å². The summed E-state index contributed by atoms with van der Waals surface area (Å²) in [5.41, 5.74) is 0.